The van der Waals surface area contributed by atoms with Crippen molar-refractivity contribution in [1.29, 1.82) is 0 Å². The van der Waals surface area contributed by atoms with Crippen LogP contribution < -0.4 is 5.43 Å². The molecule has 0 bridgehead atoms. The van der Waals surface area contributed by atoms with Crippen molar-refractivity contribution in [1.82, 2.24) is 9.99 Å². The van der Waals surface area contributed by atoms with Gasteiger partial charge in [-0.2, -0.15) is 5.10 Å². The van der Waals surface area contributed by atoms with E-state index >= 15 is 0 Å². The maximum atomic E-state index is 13.2. The fourth-order valence-electron chi connectivity index (χ4n) is 6.00. The molecule has 0 aromatic carbocycles. The number of carbonyl (C=O) groups excluding carboxylic acids is 1. The van der Waals surface area contributed by atoms with E-state index in [4.69, 9.17) is 23.7 Å². The van der Waals surface area contributed by atoms with E-state index in [9.17, 15) is 4.79 Å². The second-order valence-corrected chi connectivity index (χ2v) is 10.0. The third-order valence-corrected chi connectivity index (χ3v) is 7.72. The molecule has 2 aliphatic carbocycles. The Morgan fingerprint density at radius 1 is 0.970 bits per heavy atom. The summed E-state index contributed by atoms with van der Waals surface area (Å²) >= 11 is 0. The Hall–Kier alpha value is -1.78. The van der Waals surface area contributed by atoms with Gasteiger partial charge in [0.15, 0.2) is 24.0 Å². The van der Waals surface area contributed by atoms with Gasteiger partial charge in [-0.15, -0.1) is 0 Å². The normalized spacial score (nSPS) is 36.8. The summed E-state index contributed by atoms with van der Waals surface area (Å²) in [7, 11) is 1.92. The predicted molar refractivity (Wildman–Crippen MR) is 117 cm³/mol. The molecule has 9 nitrogen and oxygen atoms in total. The van der Waals surface area contributed by atoms with Crippen molar-refractivity contribution in [3.8, 4) is 0 Å². The van der Waals surface area contributed by atoms with Crippen LogP contribution in [0, 0.1) is 0 Å². The highest BCUT2D eigenvalue weighted by Crippen LogP contribution is 2.50. The Balaban J connectivity index is 1.23. The Labute approximate surface area is 193 Å². The molecule has 180 valence electrons. The van der Waals surface area contributed by atoms with Crippen LogP contribution in [0.3, 0.4) is 0 Å². The highest BCUT2D eigenvalue weighted by atomic mass is 16.9. The first kappa shape index (κ1) is 21.7. The van der Waals surface area contributed by atoms with Gasteiger partial charge in [-0.25, -0.2) is 5.43 Å². The van der Waals surface area contributed by atoms with Gasteiger partial charge in [0.25, 0.3) is 5.91 Å². The molecule has 33 heavy (non-hydrogen) atoms. The summed E-state index contributed by atoms with van der Waals surface area (Å²) in [4.78, 5) is 13.2. The third kappa shape index (κ3) is 3.93. The lowest BCUT2D eigenvalue weighted by Crippen LogP contribution is -2.59. The van der Waals surface area contributed by atoms with E-state index in [1.807, 2.05) is 29.9 Å². The number of nitrogens with zero attached hydrogens (tertiary/aromatic N) is 2. The second kappa shape index (κ2) is 8.46. The van der Waals surface area contributed by atoms with Crippen LogP contribution in [-0.2, 0) is 35.5 Å². The molecule has 1 N–H and O–H groups in total. The van der Waals surface area contributed by atoms with Crippen LogP contribution in [0.25, 0.3) is 0 Å². The second-order valence-electron chi connectivity index (χ2n) is 10.0. The molecule has 3 aliphatic heterocycles. The summed E-state index contributed by atoms with van der Waals surface area (Å²) in [5, 5.41) is 4.14. The zero-order valence-corrected chi connectivity index (χ0v) is 19.1. The van der Waals surface area contributed by atoms with Crippen molar-refractivity contribution in [2.24, 2.45) is 12.1 Å². The number of carbonyl (C=O) groups is 1. The zero-order valence-electron chi connectivity index (χ0n) is 19.1. The number of hydrazone groups is 1. The van der Waals surface area contributed by atoms with Crippen LogP contribution in [0.5, 0.6) is 0 Å². The average Bonchev–Trinajstić information content (AvgIpc) is 3.49. The largest absolute Gasteiger partial charge is 0.350 e. The number of nitrogens with one attached hydrogen (secondary N) is 1. The van der Waals surface area contributed by atoms with E-state index in [0.29, 0.717) is 0 Å². The fraction of sp³-hybridized carbons (Fsp3) is 0.750. The monoisotopic (exact) mass is 459 g/mol. The minimum Gasteiger partial charge on any atom is -0.350 e. The molecule has 6 rings (SSSR count). The van der Waals surface area contributed by atoms with Gasteiger partial charge in [0.05, 0.1) is 11.9 Å². The number of hydrogen-bond donors (Lipinski definition) is 1. The number of amides is 1. The summed E-state index contributed by atoms with van der Waals surface area (Å²) in [6, 6.07) is 3.84. The van der Waals surface area contributed by atoms with Crippen molar-refractivity contribution in [2.45, 2.75) is 106 Å². The lowest BCUT2D eigenvalue weighted by Gasteiger charge is -2.36. The van der Waals surface area contributed by atoms with Crippen LogP contribution in [0.2, 0.25) is 0 Å². The molecule has 1 amide bonds. The van der Waals surface area contributed by atoms with Crippen molar-refractivity contribution < 1.29 is 28.5 Å². The van der Waals surface area contributed by atoms with Gasteiger partial charge >= 0.3 is 0 Å². The maximum absolute atomic E-state index is 13.2. The SMILES string of the molecule is Cn1cccc1/C=N\NC(=O)C1OC2OC3(CCCCC3)OC2C2OC3(CCCCC3)OC12. The Bertz CT molecular complexity index is 904. The lowest BCUT2D eigenvalue weighted by atomic mass is 9.94. The molecule has 5 aliphatic rings. The van der Waals surface area contributed by atoms with E-state index in [-0.39, 0.29) is 5.91 Å². The van der Waals surface area contributed by atoms with Crippen molar-refractivity contribution in [2.75, 3.05) is 0 Å². The molecular weight excluding hydrogens is 426 g/mol. The summed E-state index contributed by atoms with van der Waals surface area (Å²) in [5.74, 6) is -1.67. The first-order valence-electron chi connectivity index (χ1n) is 12.4. The summed E-state index contributed by atoms with van der Waals surface area (Å²) in [6.45, 7) is 0. The van der Waals surface area contributed by atoms with E-state index in [0.717, 1.165) is 57.1 Å². The number of aryl methyl sites for hydroxylation is 1. The van der Waals surface area contributed by atoms with E-state index in [2.05, 4.69) is 10.5 Å². The Morgan fingerprint density at radius 3 is 2.27 bits per heavy atom. The van der Waals surface area contributed by atoms with E-state index in [1.165, 1.54) is 12.8 Å². The van der Waals surface area contributed by atoms with Crippen molar-refractivity contribution in [3.63, 3.8) is 0 Å². The molecule has 4 heterocycles. The van der Waals surface area contributed by atoms with Crippen molar-refractivity contribution in [3.05, 3.63) is 24.0 Å². The molecule has 1 aromatic heterocycles. The van der Waals surface area contributed by atoms with Crippen LogP contribution in [0.4, 0.5) is 0 Å². The molecule has 5 fully saturated rings. The fourth-order valence-corrected chi connectivity index (χ4v) is 6.00. The van der Waals surface area contributed by atoms with Gasteiger partial charge in [-0.05, 0) is 37.8 Å². The van der Waals surface area contributed by atoms with Crippen LogP contribution in [0.1, 0.15) is 69.9 Å². The average molecular weight is 460 g/mol. The quantitative estimate of drug-likeness (QED) is 0.552. The highest BCUT2D eigenvalue weighted by molar-refractivity contribution is 5.84. The predicted octanol–water partition coefficient (Wildman–Crippen LogP) is 2.72. The maximum Gasteiger partial charge on any atom is 0.272 e. The van der Waals surface area contributed by atoms with Gasteiger partial charge in [-0.3, -0.25) is 4.79 Å². The molecule has 9 heteroatoms. The summed E-state index contributed by atoms with van der Waals surface area (Å²) in [5.41, 5.74) is 3.51. The first-order chi connectivity index (χ1) is 16.1. The highest BCUT2D eigenvalue weighted by Gasteiger charge is 2.65. The number of fused-ring (bicyclic) bond motifs is 3. The molecule has 3 saturated heterocycles. The Morgan fingerprint density at radius 2 is 1.61 bits per heavy atom. The lowest BCUT2D eigenvalue weighted by molar-refractivity contribution is -0.247. The molecule has 2 saturated carbocycles. The van der Waals surface area contributed by atoms with Gasteiger partial charge in [0.1, 0.15) is 18.3 Å². The molecule has 0 radical (unpaired) electrons. The summed E-state index contributed by atoms with van der Waals surface area (Å²) < 4.78 is 34.0. The van der Waals surface area contributed by atoms with Gasteiger partial charge in [0, 0.05) is 38.9 Å². The standard InChI is InChI=1S/C24H33N3O6/c1-27-14-8-9-16(27)15-25-26-21(28)19-17-18(31-23(30-17)10-4-2-5-11-23)20-22(29-19)33-24(32-20)12-6-3-7-13-24/h8-9,14-15,17-20,22H,2-7,10-13H2,1H3,(H,26,28)/b25-15-. The first-order valence-corrected chi connectivity index (χ1v) is 12.4. The van der Waals surface area contributed by atoms with Gasteiger partial charge in [0.2, 0.25) is 0 Å². The molecule has 2 spiro atoms. The molecule has 5 unspecified atom stereocenters. The van der Waals surface area contributed by atoms with E-state index < -0.39 is 42.3 Å². The number of ether oxygens (including phenoxy) is 5. The van der Waals surface area contributed by atoms with Crippen LogP contribution >= 0.6 is 0 Å². The smallest absolute Gasteiger partial charge is 0.272 e. The summed E-state index contributed by atoms with van der Waals surface area (Å²) in [6.07, 6.45) is 10.5. The van der Waals surface area contributed by atoms with Gasteiger partial charge in [-0.1, -0.05) is 12.8 Å². The van der Waals surface area contributed by atoms with Crippen molar-refractivity contribution >= 4 is 12.1 Å². The topological polar surface area (TPSA) is 92.5 Å². The number of hydrogen-bond acceptors (Lipinski definition) is 7. The van der Waals surface area contributed by atoms with E-state index in [1.54, 1.807) is 6.21 Å². The third-order valence-electron chi connectivity index (χ3n) is 7.72. The molecular formula is C24H33N3O6. The minimum absolute atomic E-state index is 0.362. The van der Waals surface area contributed by atoms with Gasteiger partial charge < -0.3 is 28.3 Å². The number of aromatic nitrogens is 1. The van der Waals surface area contributed by atoms with Crippen LogP contribution in [-0.4, -0.2) is 59.0 Å². The zero-order chi connectivity index (χ0) is 22.5. The number of rotatable bonds is 3. The van der Waals surface area contributed by atoms with Crippen LogP contribution in [0.15, 0.2) is 23.4 Å². The minimum atomic E-state index is -0.884. The Kier molecular flexibility index (Phi) is 5.57. The molecule has 5 atom stereocenters. The molecule has 1 aromatic rings.